The minimum atomic E-state index is -1.28. The maximum absolute atomic E-state index is 12.9. The van der Waals surface area contributed by atoms with Crippen LogP contribution < -0.4 is 10.1 Å². The lowest BCUT2D eigenvalue weighted by molar-refractivity contribution is -0.160. The van der Waals surface area contributed by atoms with Crippen molar-refractivity contribution in [1.82, 2.24) is 5.32 Å². The molecule has 0 unspecified atom stereocenters. The topological polar surface area (TPSA) is 100 Å². The third-order valence-electron chi connectivity index (χ3n) is 6.25. The fourth-order valence-corrected chi connectivity index (χ4v) is 4.50. The van der Waals surface area contributed by atoms with Crippen molar-refractivity contribution in [1.29, 1.82) is 0 Å². The molecular formula is C31H33NO7. The highest BCUT2D eigenvalue weighted by Crippen LogP contribution is 2.44. The minimum absolute atomic E-state index is 0.0417. The quantitative estimate of drug-likeness (QED) is 0.292. The Hall–Kier alpha value is -4.33. The van der Waals surface area contributed by atoms with Gasteiger partial charge in [-0.25, -0.2) is 9.59 Å². The van der Waals surface area contributed by atoms with Crippen LogP contribution in [-0.2, 0) is 30.4 Å². The maximum atomic E-state index is 12.9. The molecule has 204 valence electrons. The lowest BCUT2D eigenvalue weighted by Crippen LogP contribution is -2.44. The molecule has 0 radical (unpaired) electrons. The molecule has 4 rings (SSSR count). The number of rotatable bonds is 9. The Morgan fingerprint density at radius 1 is 0.846 bits per heavy atom. The summed E-state index contributed by atoms with van der Waals surface area (Å²) in [5.74, 6) is -0.891. The minimum Gasteiger partial charge on any atom is -0.497 e. The molecule has 3 aromatic rings. The second-order valence-corrected chi connectivity index (χ2v) is 10.3. The van der Waals surface area contributed by atoms with Crippen molar-refractivity contribution < 1.29 is 33.3 Å². The normalized spacial score (nSPS) is 13.0. The molecule has 1 aliphatic rings. The van der Waals surface area contributed by atoms with Gasteiger partial charge in [-0.05, 0) is 60.7 Å². The van der Waals surface area contributed by atoms with Gasteiger partial charge in [0.1, 0.15) is 30.6 Å². The molecule has 1 aliphatic carbocycles. The average Bonchev–Trinajstić information content (AvgIpc) is 3.23. The first-order valence-electron chi connectivity index (χ1n) is 12.8. The molecule has 0 heterocycles. The highest BCUT2D eigenvalue weighted by atomic mass is 16.6. The Labute approximate surface area is 228 Å². The highest BCUT2D eigenvalue weighted by molar-refractivity contribution is 5.86. The van der Waals surface area contributed by atoms with Crippen molar-refractivity contribution in [2.45, 2.75) is 51.4 Å². The van der Waals surface area contributed by atoms with Gasteiger partial charge in [-0.3, -0.25) is 4.79 Å². The number of ether oxygens (including phenoxy) is 4. The van der Waals surface area contributed by atoms with E-state index in [4.69, 9.17) is 18.9 Å². The molecule has 1 atom stereocenters. The lowest BCUT2D eigenvalue weighted by atomic mass is 9.98. The number of nitrogens with one attached hydrogen (secondary N) is 1. The lowest BCUT2D eigenvalue weighted by Gasteiger charge is -2.22. The van der Waals surface area contributed by atoms with Gasteiger partial charge < -0.3 is 24.3 Å². The Bertz CT molecular complexity index is 1280. The third kappa shape index (κ3) is 7.16. The number of hydrogen-bond donors (Lipinski definition) is 1. The van der Waals surface area contributed by atoms with E-state index in [0.717, 1.165) is 27.8 Å². The van der Waals surface area contributed by atoms with E-state index < -0.39 is 36.1 Å². The van der Waals surface area contributed by atoms with Gasteiger partial charge >= 0.3 is 18.0 Å². The first-order valence-corrected chi connectivity index (χ1v) is 12.8. The Balaban J connectivity index is 1.41. The van der Waals surface area contributed by atoms with Gasteiger partial charge in [0.05, 0.1) is 13.5 Å². The van der Waals surface area contributed by atoms with E-state index >= 15 is 0 Å². The van der Waals surface area contributed by atoms with E-state index in [1.807, 2.05) is 48.5 Å². The maximum Gasteiger partial charge on any atom is 0.407 e. The molecule has 0 spiro atoms. The molecule has 0 aliphatic heterocycles. The molecule has 8 nitrogen and oxygen atoms in total. The van der Waals surface area contributed by atoms with Gasteiger partial charge in [-0.1, -0.05) is 60.7 Å². The molecule has 1 amide bonds. The van der Waals surface area contributed by atoms with Crippen LogP contribution in [-0.4, -0.2) is 43.4 Å². The van der Waals surface area contributed by atoms with E-state index in [2.05, 4.69) is 5.32 Å². The predicted molar refractivity (Wildman–Crippen MR) is 145 cm³/mol. The van der Waals surface area contributed by atoms with Gasteiger partial charge in [0, 0.05) is 5.92 Å². The number of amides is 1. The third-order valence-corrected chi connectivity index (χ3v) is 6.25. The zero-order valence-corrected chi connectivity index (χ0v) is 22.6. The second-order valence-electron chi connectivity index (χ2n) is 10.3. The number of methoxy groups -OCH3 is 1. The summed E-state index contributed by atoms with van der Waals surface area (Å²) in [5.41, 5.74) is 4.31. The zero-order chi connectivity index (χ0) is 28.0. The highest BCUT2D eigenvalue weighted by Gasteiger charge is 2.31. The molecule has 39 heavy (non-hydrogen) atoms. The van der Waals surface area contributed by atoms with Crippen molar-refractivity contribution in [3.05, 3.63) is 89.5 Å². The fourth-order valence-electron chi connectivity index (χ4n) is 4.50. The summed E-state index contributed by atoms with van der Waals surface area (Å²) in [4.78, 5) is 38.3. The monoisotopic (exact) mass is 531 g/mol. The predicted octanol–water partition coefficient (Wildman–Crippen LogP) is 5.38. The smallest absolute Gasteiger partial charge is 0.407 e. The van der Waals surface area contributed by atoms with Gasteiger partial charge in [0.25, 0.3) is 0 Å². The summed E-state index contributed by atoms with van der Waals surface area (Å²) in [7, 11) is 1.56. The molecule has 0 saturated carbocycles. The van der Waals surface area contributed by atoms with Crippen LogP contribution in [0, 0.1) is 0 Å². The number of alkyl carbamates (subject to hydrolysis) is 1. The summed E-state index contributed by atoms with van der Waals surface area (Å²) in [6.45, 7) is 5.20. The average molecular weight is 532 g/mol. The zero-order valence-electron chi connectivity index (χ0n) is 22.6. The molecule has 0 aromatic heterocycles. The van der Waals surface area contributed by atoms with Crippen molar-refractivity contribution in [3.63, 3.8) is 0 Å². The molecule has 0 bridgehead atoms. The Morgan fingerprint density at radius 3 is 2.00 bits per heavy atom. The van der Waals surface area contributed by atoms with E-state index in [1.165, 1.54) is 0 Å². The molecular weight excluding hydrogens is 498 g/mol. The van der Waals surface area contributed by atoms with Crippen LogP contribution in [0.1, 0.15) is 49.8 Å². The van der Waals surface area contributed by atoms with Gasteiger partial charge in [0.15, 0.2) is 0 Å². The first kappa shape index (κ1) is 27.7. The van der Waals surface area contributed by atoms with Crippen molar-refractivity contribution >= 4 is 18.0 Å². The number of esters is 2. The standard InChI is InChI=1S/C31H33NO7/c1-31(2,3)39-28(33)17-27(29(34)37-18-20-13-15-21(36-4)16-14-20)32-30(35)38-19-26-24-11-7-5-9-22(24)23-10-6-8-12-25(23)26/h5-16,26-27H,17-19H2,1-4H3,(H,32,35)/t27-/m0/s1. The second kappa shape index (κ2) is 12.0. The number of benzene rings is 3. The van der Waals surface area contributed by atoms with Crippen molar-refractivity contribution in [2.24, 2.45) is 0 Å². The van der Waals surface area contributed by atoms with Crippen LogP contribution in [0.15, 0.2) is 72.8 Å². The van der Waals surface area contributed by atoms with E-state index in [1.54, 1.807) is 52.1 Å². The van der Waals surface area contributed by atoms with E-state index in [0.29, 0.717) is 5.75 Å². The molecule has 0 saturated heterocycles. The summed E-state index contributed by atoms with van der Waals surface area (Å²) in [6.07, 6.45) is -1.23. The van der Waals surface area contributed by atoms with Crippen LogP contribution >= 0.6 is 0 Å². The first-order chi connectivity index (χ1) is 18.6. The summed E-state index contributed by atoms with van der Waals surface area (Å²) >= 11 is 0. The van der Waals surface area contributed by atoms with E-state index in [-0.39, 0.29) is 19.1 Å². The number of fused-ring (bicyclic) bond motifs is 3. The molecule has 3 aromatic carbocycles. The van der Waals surface area contributed by atoms with Crippen LogP contribution in [0.25, 0.3) is 11.1 Å². The Morgan fingerprint density at radius 2 is 1.44 bits per heavy atom. The fraction of sp³-hybridized carbons (Fsp3) is 0.323. The van der Waals surface area contributed by atoms with Crippen molar-refractivity contribution in [3.8, 4) is 16.9 Å². The number of carbonyl (C=O) groups excluding carboxylic acids is 3. The molecule has 0 fully saturated rings. The molecule has 1 N–H and O–H groups in total. The van der Waals surface area contributed by atoms with E-state index in [9.17, 15) is 14.4 Å². The van der Waals surface area contributed by atoms with Gasteiger partial charge in [-0.2, -0.15) is 0 Å². The Kier molecular flexibility index (Phi) is 8.54. The summed E-state index contributed by atoms with van der Waals surface area (Å²) in [6, 6.07) is 21.7. The van der Waals surface area contributed by atoms with Crippen LogP contribution in [0.4, 0.5) is 4.79 Å². The van der Waals surface area contributed by atoms with Crippen LogP contribution in [0.5, 0.6) is 5.75 Å². The van der Waals surface area contributed by atoms with Crippen molar-refractivity contribution in [2.75, 3.05) is 13.7 Å². The largest absolute Gasteiger partial charge is 0.497 e. The summed E-state index contributed by atoms with van der Waals surface area (Å²) in [5, 5.41) is 2.50. The number of carbonyl (C=O) groups is 3. The van der Waals surface area contributed by atoms with Gasteiger partial charge in [-0.15, -0.1) is 0 Å². The van der Waals surface area contributed by atoms with Crippen LogP contribution in [0.3, 0.4) is 0 Å². The SMILES string of the molecule is COc1ccc(COC(=O)[C@H](CC(=O)OC(C)(C)C)NC(=O)OCC2c3ccccc3-c3ccccc32)cc1. The van der Waals surface area contributed by atoms with Gasteiger partial charge in [0.2, 0.25) is 0 Å². The van der Waals surface area contributed by atoms with Crippen LogP contribution in [0.2, 0.25) is 0 Å². The number of hydrogen-bond acceptors (Lipinski definition) is 7. The molecule has 8 heteroatoms. The summed E-state index contributed by atoms with van der Waals surface area (Å²) < 4.78 is 21.5.